The zero-order valence-electron chi connectivity index (χ0n) is 11.3. The predicted octanol–water partition coefficient (Wildman–Crippen LogP) is 4.46. The van der Waals surface area contributed by atoms with E-state index in [1.165, 1.54) is 0 Å². The third kappa shape index (κ3) is 2.76. The molecular weight excluding hydrogens is 280 g/mol. The Morgan fingerprint density at radius 2 is 1.12 bits per heavy atom. The fourth-order valence-corrected chi connectivity index (χ4v) is 2.20. The number of phenols is 2. The van der Waals surface area contributed by atoms with Gasteiger partial charge in [0.25, 0.3) is 0 Å². The van der Waals surface area contributed by atoms with Gasteiger partial charge >= 0.3 is 0 Å². The summed E-state index contributed by atoms with van der Waals surface area (Å²) in [4.78, 5) is 0. The van der Waals surface area contributed by atoms with Gasteiger partial charge in [-0.25, -0.2) is 0 Å². The summed E-state index contributed by atoms with van der Waals surface area (Å²) >= 11 is 3.27. The van der Waals surface area contributed by atoms with Crippen LogP contribution in [0.2, 0.25) is 0 Å². The molecule has 0 radical (unpaired) electrons. The number of rotatable bonds is 0. The highest BCUT2D eigenvalue weighted by Gasteiger charge is 2.28. The van der Waals surface area contributed by atoms with Crippen molar-refractivity contribution >= 4 is 15.9 Å². The molecule has 0 aliphatic carbocycles. The van der Waals surface area contributed by atoms with Crippen LogP contribution in [-0.4, -0.2) is 10.2 Å². The van der Waals surface area contributed by atoms with Crippen molar-refractivity contribution in [2.45, 2.75) is 52.4 Å². The molecule has 0 atom stereocenters. The normalized spacial score (nSPS) is 12.9. The predicted molar refractivity (Wildman–Crippen MR) is 74.9 cm³/mol. The van der Waals surface area contributed by atoms with Crippen LogP contribution < -0.4 is 0 Å². The van der Waals surface area contributed by atoms with Gasteiger partial charge in [0.15, 0.2) is 0 Å². The van der Waals surface area contributed by atoms with E-state index in [1.54, 1.807) is 0 Å². The molecule has 0 bridgehead atoms. The molecular formula is C14H21BrO2. The van der Waals surface area contributed by atoms with Gasteiger partial charge in [-0.05, 0) is 32.8 Å². The molecule has 0 amide bonds. The third-order valence-corrected chi connectivity index (χ3v) is 3.58. The van der Waals surface area contributed by atoms with Crippen LogP contribution in [0.4, 0.5) is 0 Å². The summed E-state index contributed by atoms with van der Waals surface area (Å²) in [5.74, 6) is 0.256. The van der Waals surface area contributed by atoms with E-state index in [0.717, 1.165) is 11.1 Å². The summed E-state index contributed by atoms with van der Waals surface area (Å²) in [5, 5.41) is 20.2. The number of benzene rings is 1. The zero-order valence-corrected chi connectivity index (χ0v) is 12.9. The average molecular weight is 301 g/mol. The largest absolute Gasteiger partial charge is 0.506 e. The van der Waals surface area contributed by atoms with Gasteiger partial charge in [-0.1, -0.05) is 41.5 Å². The molecule has 96 valence electrons. The Kier molecular flexibility index (Phi) is 3.55. The molecule has 0 saturated heterocycles. The quantitative estimate of drug-likeness (QED) is 0.743. The molecule has 3 heteroatoms. The maximum Gasteiger partial charge on any atom is 0.137 e. The first-order valence-electron chi connectivity index (χ1n) is 5.71. The lowest BCUT2D eigenvalue weighted by Gasteiger charge is -2.27. The molecule has 2 nitrogen and oxygen atoms in total. The molecule has 0 unspecified atom stereocenters. The lowest BCUT2D eigenvalue weighted by atomic mass is 9.80. The van der Waals surface area contributed by atoms with Gasteiger partial charge in [0.05, 0.1) is 0 Å². The molecule has 17 heavy (non-hydrogen) atoms. The summed E-state index contributed by atoms with van der Waals surface area (Å²) in [5.41, 5.74) is 1.35. The molecule has 0 aliphatic rings. The summed E-state index contributed by atoms with van der Waals surface area (Å²) in [6.07, 6.45) is 0. The minimum atomic E-state index is -0.166. The number of hydrogen-bond donors (Lipinski definition) is 2. The van der Waals surface area contributed by atoms with Crippen LogP contribution in [0.25, 0.3) is 0 Å². The topological polar surface area (TPSA) is 40.5 Å². The average Bonchev–Trinajstić information content (AvgIpc) is 2.10. The van der Waals surface area contributed by atoms with Crippen LogP contribution in [-0.2, 0) is 10.8 Å². The van der Waals surface area contributed by atoms with E-state index >= 15 is 0 Å². The van der Waals surface area contributed by atoms with Crippen LogP contribution in [0.1, 0.15) is 52.7 Å². The smallest absolute Gasteiger partial charge is 0.137 e. The highest BCUT2D eigenvalue weighted by Crippen LogP contribution is 2.46. The Labute approximate surface area is 112 Å². The maximum atomic E-state index is 10.1. The fourth-order valence-electron chi connectivity index (χ4n) is 1.77. The second kappa shape index (κ2) is 4.20. The van der Waals surface area contributed by atoms with Gasteiger partial charge in [0, 0.05) is 11.1 Å². The lowest BCUT2D eigenvalue weighted by Crippen LogP contribution is -2.17. The summed E-state index contributed by atoms with van der Waals surface area (Å²) in [6.45, 7) is 12.2. The summed E-state index contributed by atoms with van der Waals surface area (Å²) in [6, 6.07) is 1.90. The van der Waals surface area contributed by atoms with Crippen LogP contribution in [0.15, 0.2) is 10.5 Å². The fraction of sp³-hybridized carbons (Fsp3) is 0.571. The Hall–Kier alpha value is -0.700. The Bertz CT molecular complexity index is 399. The maximum absolute atomic E-state index is 10.1. The highest BCUT2D eigenvalue weighted by atomic mass is 79.9. The first kappa shape index (κ1) is 14.4. The van der Waals surface area contributed by atoms with E-state index in [0.29, 0.717) is 4.47 Å². The number of aromatic hydroxyl groups is 2. The van der Waals surface area contributed by atoms with Gasteiger partial charge < -0.3 is 10.2 Å². The monoisotopic (exact) mass is 300 g/mol. The Balaban J connectivity index is 3.63. The molecule has 0 heterocycles. The molecule has 1 aromatic rings. The lowest BCUT2D eigenvalue weighted by molar-refractivity contribution is 0.412. The van der Waals surface area contributed by atoms with E-state index in [-0.39, 0.29) is 22.3 Å². The first-order valence-corrected chi connectivity index (χ1v) is 6.51. The van der Waals surface area contributed by atoms with Crippen molar-refractivity contribution in [2.24, 2.45) is 0 Å². The number of hydrogen-bond acceptors (Lipinski definition) is 2. The van der Waals surface area contributed by atoms with Gasteiger partial charge in [-0.2, -0.15) is 0 Å². The Morgan fingerprint density at radius 1 is 0.824 bits per heavy atom. The Morgan fingerprint density at radius 3 is 1.35 bits per heavy atom. The standard InChI is InChI=1S/C14H21BrO2/c1-13(2,3)8-7-9(14(4,5)6)12(17)10(15)11(8)16/h7,16-17H,1-6H3. The summed E-state index contributed by atoms with van der Waals surface area (Å²) in [7, 11) is 0. The van der Waals surface area contributed by atoms with Gasteiger partial charge in [0.1, 0.15) is 16.0 Å². The third-order valence-electron chi connectivity index (χ3n) is 2.83. The number of halogens is 1. The molecule has 1 rings (SSSR count). The van der Waals surface area contributed by atoms with Crippen molar-refractivity contribution in [2.75, 3.05) is 0 Å². The van der Waals surface area contributed by atoms with E-state index < -0.39 is 0 Å². The molecule has 0 aromatic heterocycles. The number of phenolic OH excluding ortho intramolecular Hbond substituents is 2. The van der Waals surface area contributed by atoms with Crippen molar-refractivity contribution in [3.05, 3.63) is 21.7 Å². The summed E-state index contributed by atoms with van der Waals surface area (Å²) < 4.78 is 0.384. The second-order valence-electron chi connectivity index (χ2n) is 6.48. The SMILES string of the molecule is CC(C)(C)c1cc(C(C)(C)C)c(O)c(Br)c1O. The van der Waals surface area contributed by atoms with Gasteiger partial charge in [0.2, 0.25) is 0 Å². The van der Waals surface area contributed by atoms with Crippen LogP contribution >= 0.6 is 15.9 Å². The van der Waals surface area contributed by atoms with Crippen molar-refractivity contribution in [1.82, 2.24) is 0 Å². The van der Waals surface area contributed by atoms with E-state index in [4.69, 9.17) is 0 Å². The van der Waals surface area contributed by atoms with Crippen molar-refractivity contribution < 1.29 is 10.2 Å². The molecule has 2 N–H and O–H groups in total. The molecule has 0 aliphatic heterocycles. The van der Waals surface area contributed by atoms with E-state index in [9.17, 15) is 10.2 Å². The van der Waals surface area contributed by atoms with Crippen molar-refractivity contribution in [3.8, 4) is 11.5 Å². The van der Waals surface area contributed by atoms with Crippen LogP contribution in [0.3, 0.4) is 0 Å². The highest BCUT2D eigenvalue weighted by molar-refractivity contribution is 9.10. The minimum absolute atomic E-state index is 0.128. The van der Waals surface area contributed by atoms with Crippen LogP contribution in [0.5, 0.6) is 11.5 Å². The van der Waals surface area contributed by atoms with Crippen molar-refractivity contribution in [3.63, 3.8) is 0 Å². The van der Waals surface area contributed by atoms with E-state index in [1.807, 2.05) is 47.6 Å². The molecule has 0 spiro atoms. The van der Waals surface area contributed by atoms with Gasteiger partial charge in [-0.15, -0.1) is 0 Å². The minimum Gasteiger partial charge on any atom is -0.506 e. The molecule has 0 fully saturated rings. The van der Waals surface area contributed by atoms with Crippen molar-refractivity contribution in [1.29, 1.82) is 0 Å². The van der Waals surface area contributed by atoms with Gasteiger partial charge in [-0.3, -0.25) is 0 Å². The zero-order chi connectivity index (χ0) is 13.6. The first-order chi connectivity index (χ1) is 7.46. The van der Waals surface area contributed by atoms with Crippen LogP contribution in [0, 0.1) is 0 Å². The van der Waals surface area contributed by atoms with E-state index in [2.05, 4.69) is 15.9 Å². The molecule has 0 saturated carbocycles. The molecule has 1 aromatic carbocycles. The second-order valence-corrected chi connectivity index (χ2v) is 7.28.